The van der Waals surface area contributed by atoms with E-state index < -0.39 is 37.4 Å². The molecule has 0 N–H and O–H groups in total. The van der Waals surface area contributed by atoms with Crippen LogP contribution in [-0.2, 0) is 15.7 Å². The second-order valence-corrected chi connectivity index (χ2v) is 16.3. The number of fused-ring (bicyclic) bond motifs is 1. The predicted octanol–water partition coefficient (Wildman–Crippen LogP) is 4.57. The van der Waals surface area contributed by atoms with Gasteiger partial charge in [-0.25, -0.2) is 19.2 Å². The molecule has 1 aromatic carbocycles. The summed E-state index contributed by atoms with van der Waals surface area (Å²) in [5.74, 6) is -0.866. The van der Waals surface area contributed by atoms with Gasteiger partial charge in [0, 0.05) is 28.5 Å². The Kier molecular flexibility index (Phi) is 7.42. The van der Waals surface area contributed by atoms with E-state index in [0.717, 1.165) is 0 Å². The summed E-state index contributed by atoms with van der Waals surface area (Å²) in [4.78, 5) is 36.4. The number of benzene rings is 1. The zero-order valence-electron chi connectivity index (χ0n) is 23.4. The number of anilines is 1. The van der Waals surface area contributed by atoms with Crippen molar-refractivity contribution in [1.29, 1.82) is 0 Å². The first-order valence-electron chi connectivity index (χ1n) is 13.1. The van der Waals surface area contributed by atoms with E-state index in [4.69, 9.17) is 18.6 Å². The highest BCUT2D eigenvalue weighted by atomic mass is 28.4. The van der Waals surface area contributed by atoms with Gasteiger partial charge in [0.15, 0.2) is 14.4 Å². The van der Waals surface area contributed by atoms with E-state index in [1.54, 1.807) is 12.1 Å². The molecule has 5 rings (SSSR count). The first-order chi connectivity index (χ1) is 19.3. The van der Waals surface area contributed by atoms with Gasteiger partial charge in [0.1, 0.15) is 24.7 Å². The van der Waals surface area contributed by atoms with E-state index in [9.17, 15) is 14.9 Å². The van der Waals surface area contributed by atoms with Crippen LogP contribution in [-0.4, -0.2) is 70.8 Å². The molecule has 41 heavy (non-hydrogen) atoms. The topological polar surface area (TPSA) is 144 Å². The molecule has 1 amide bonds. The van der Waals surface area contributed by atoms with Gasteiger partial charge in [-0.1, -0.05) is 20.8 Å². The van der Waals surface area contributed by atoms with Gasteiger partial charge >= 0.3 is 23.9 Å². The van der Waals surface area contributed by atoms with Crippen molar-refractivity contribution < 1.29 is 32.7 Å². The zero-order valence-corrected chi connectivity index (χ0v) is 24.4. The Morgan fingerprint density at radius 2 is 1.95 bits per heavy atom. The van der Waals surface area contributed by atoms with Crippen LogP contribution in [0.15, 0.2) is 36.8 Å². The van der Waals surface area contributed by atoms with Gasteiger partial charge in [-0.05, 0) is 41.3 Å². The molecule has 0 aliphatic carbocycles. The first kappa shape index (κ1) is 28.4. The monoisotopic (exact) mass is 586 g/mol. The van der Waals surface area contributed by atoms with Crippen molar-refractivity contribution in [3.8, 4) is 23.1 Å². The fourth-order valence-corrected chi connectivity index (χ4v) is 5.17. The minimum atomic E-state index is -2.01. The van der Waals surface area contributed by atoms with E-state index >= 15 is 4.39 Å². The maximum Gasteiger partial charge on any atom is 0.414 e. The molecule has 0 saturated carbocycles. The highest BCUT2D eigenvalue weighted by Crippen LogP contribution is 2.37. The summed E-state index contributed by atoms with van der Waals surface area (Å²) in [6.45, 7) is 11.6. The number of imidazole rings is 1. The number of nitrogens with zero attached hydrogens (tertiary/aromatic N) is 6. The smallest absolute Gasteiger partial charge is 0.414 e. The van der Waals surface area contributed by atoms with Crippen molar-refractivity contribution in [2.45, 2.75) is 57.7 Å². The summed E-state index contributed by atoms with van der Waals surface area (Å²) in [7, 11) is -2.01. The number of hydrogen-bond donors (Lipinski definition) is 0. The second kappa shape index (κ2) is 10.7. The van der Waals surface area contributed by atoms with E-state index in [1.807, 2.05) is 0 Å². The van der Waals surface area contributed by atoms with E-state index in [0.29, 0.717) is 17.9 Å². The SMILES string of the molecule is CC(C)(C)[Si](C)(C)OC[C@H]1CN(c2ccc(-c3cnc(O[C@@H]4COc5nc([N+](=O)[O-])cn5C4)nc3)c(F)c2)C(=O)O1. The van der Waals surface area contributed by atoms with Crippen LogP contribution in [0, 0.1) is 15.9 Å². The Morgan fingerprint density at radius 1 is 1.22 bits per heavy atom. The van der Waals surface area contributed by atoms with Gasteiger partial charge in [0.05, 0.1) is 25.4 Å². The molecular weight excluding hydrogens is 555 g/mol. The number of carbonyl (C=O) groups is 1. The van der Waals surface area contributed by atoms with Crippen LogP contribution in [0.3, 0.4) is 0 Å². The zero-order chi connectivity index (χ0) is 29.5. The molecular formula is C26H31FN6O7Si. The van der Waals surface area contributed by atoms with Gasteiger partial charge in [-0.15, -0.1) is 0 Å². The van der Waals surface area contributed by atoms with Crippen LogP contribution >= 0.6 is 0 Å². The fourth-order valence-electron chi connectivity index (χ4n) is 4.14. The standard InChI is InChI=1S/C26H31FN6O7Si/c1-26(2,3)41(4,5)38-15-19-12-32(25(34)40-19)17-6-7-20(21(27)8-17)16-9-28-23(29-10-16)39-18-11-31-13-22(33(35)36)30-24(31)37-14-18/h6-10,13,18-19H,11-12,14-15H2,1-5H3/t18-,19+/m0/s1. The summed E-state index contributed by atoms with van der Waals surface area (Å²) in [5, 5.41) is 11.0. The number of amides is 1. The second-order valence-electron chi connectivity index (χ2n) is 11.4. The Hall–Kier alpha value is -4.11. The van der Waals surface area contributed by atoms with E-state index in [1.165, 1.54) is 34.1 Å². The summed E-state index contributed by atoms with van der Waals surface area (Å²) >= 11 is 0. The van der Waals surface area contributed by atoms with Crippen molar-refractivity contribution in [3.05, 3.63) is 52.7 Å². The average Bonchev–Trinajstić information content (AvgIpc) is 3.50. The molecule has 1 saturated heterocycles. The Labute approximate surface area is 236 Å². The molecule has 13 nitrogen and oxygen atoms in total. The lowest BCUT2D eigenvalue weighted by Gasteiger charge is -2.36. The molecule has 15 heteroatoms. The van der Waals surface area contributed by atoms with Crippen LogP contribution in [0.4, 0.5) is 20.7 Å². The molecule has 0 unspecified atom stereocenters. The van der Waals surface area contributed by atoms with Crippen molar-refractivity contribution in [3.63, 3.8) is 0 Å². The van der Waals surface area contributed by atoms with Crippen LogP contribution in [0.5, 0.6) is 12.0 Å². The van der Waals surface area contributed by atoms with Gasteiger partial charge in [0.2, 0.25) is 0 Å². The van der Waals surface area contributed by atoms with Crippen molar-refractivity contribution in [2.75, 3.05) is 24.7 Å². The highest BCUT2D eigenvalue weighted by molar-refractivity contribution is 6.74. The summed E-state index contributed by atoms with van der Waals surface area (Å²) in [5.41, 5.74) is 1.05. The van der Waals surface area contributed by atoms with Crippen molar-refractivity contribution >= 4 is 25.9 Å². The lowest BCUT2D eigenvalue weighted by Crippen LogP contribution is -2.43. The van der Waals surface area contributed by atoms with E-state index in [2.05, 4.69) is 48.8 Å². The average molecular weight is 587 g/mol. The number of halogens is 1. The molecule has 3 aromatic rings. The molecule has 4 heterocycles. The van der Waals surface area contributed by atoms with E-state index in [-0.39, 0.29) is 48.1 Å². The molecule has 1 fully saturated rings. The molecule has 0 radical (unpaired) electrons. The number of hydrogen-bond acceptors (Lipinski definition) is 10. The van der Waals surface area contributed by atoms with Gasteiger partial charge in [-0.3, -0.25) is 9.47 Å². The molecule has 2 aliphatic rings. The maximum atomic E-state index is 15.2. The Bertz CT molecular complexity index is 1460. The quantitative estimate of drug-likeness (QED) is 0.209. The molecule has 0 bridgehead atoms. The minimum absolute atomic E-state index is 0.0302. The summed E-state index contributed by atoms with van der Waals surface area (Å²) in [6.07, 6.45) is 2.63. The maximum absolute atomic E-state index is 15.2. The molecule has 2 aliphatic heterocycles. The number of rotatable bonds is 8. The van der Waals surface area contributed by atoms with Crippen LogP contribution in [0.25, 0.3) is 11.1 Å². The lowest BCUT2D eigenvalue weighted by atomic mass is 10.1. The molecule has 0 spiro atoms. The predicted molar refractivity (Wildman–Crippen MR) is 147 cm³/mol. The number of ether oxygens (including phenoxy) is 3. The highest BCUT2D eigenvalue weighted by Gasteiger charge is 2.40. The first-order valence-corrected chi connectivity index (χ1v) is 16.0. The van der Waals surface area contributed by atoms with Crippen molar-refractivity contribution in [1.82, 2.24) is 19.5 Å². The Morgan fingerprint density at radius 3 is 2.61 bits per heavy atom. The fraction of sp³-hybridized carbons (Fsp3) is 0.462. The van der Waals surface area contributed by atoms with Gasteiger partial charge < -0.3 is 28.8 Å². The molecule has 218 valence electrons. The van der Waals surface area contributed by atoms with Gasteiger partial charge in [0.25, 0.3) is 0 Å². The lowest BCUT2D eigenvalue weighted by molar-refractivity contribution is -0.389. The summed E-state index contributed by atoms with van der Waals surface area (Å²) in [6, 6.07) is 4.66. The third kappa shape index (κ3) is 6.00. The minimum Gasteiger partial charge on any atom is -0.455 e. The summed E-state index contributed by atoms with van der Waals surface area (Å²) < 4.78 is 39.5. The number of nitro groups is 1. The van der Waals surface area contributed by atoms with Gasteiger partial charge in [-0.2, -0.15) is 0 Å². The molecule has 2 aromatic heterocycles. The molecule has 2 atom stereocenters. The normalized spacial score (nSPS) is 19.0. The Balaban J connectivity index is 1.20. The number of carbonyl (C=O) groups excluding carboxylic acids is 1. The number of cyclic esters (lactones) is 1. The third-order valence-corrected chi connectivity index (χ3v) is 12.0. The van der Waals surface area contributed by atoms with Crippen LogP contribution in [0.1, 0.15) is 20.8 Å². The largest absolute Gasteiger partial charge is 0.455 e. The number of aromatic nitrogens is 4. The third-order valence-electron chi connectivity index (χ3n) is 7.50. The van der Waals surface area contributed by atoms with Crippen LogP contribution in [0.2, 0.25) is 18.1 Å². The van der Waals surface area contributed by atoms with Crippen molar-refractivity contribution in [2.24, 2.45) is 0 Å². The van der Waals surface area contributed by atoms with Crippen LogP contribution < -0.4 is 14.4 Å².